The van der Waals surface area contributed by atoms with Crippen molar-refractivity contribution in [3.63, 3.8) is 0 Å². The van der Waals surface area contributed by atoms with Gasteiger partial charge in [0, 0.05) is 25.1 Å². The fourth-order valence-corrected chi connectivity index (χ4v) is 7.25. The van der Waals surface area contributed by atoms with Gasteiger partial charge in [-0.1, -0.05) is 42.5 Å². The number of ether oxygens (including phenoxy) is 2. The fraction of sp³-hybridized carbons (Fsp3) is 0.500. The third-order valence-corrected chi connectivity index (χ3v) is 9.87. The quantitative estimate of drug-likeness (QED) is 0.211. The van der Waals surface area contributed by atoms with Crippen LogP contribution in [0, 0.1) is 5.41 Å². The zero-order valence-electron chi connectivity index (χ0n) is 28.2. The maximum atomic E-state index is 14.4. The van der Waals surface area contributed by atoms with Gasteiger partial charge < -0.3 is 19.9 Å². The number of benzene rings is 3. The summed E-state index contributed by atoms with van der Waals surface area (Å²) >= 11 is 0. The summed E-state index contributed by atoms with van der Waals surface area (Å²) in [7, 11) is 3.02. The number of hydrogen-bond acceptors (Lipinski definition) is 6. The highest BCUT2D eigenvalue weighted by atomic mass is 19.4. The second kappa shape index (κ2) is 15.2. The summed E-state index contributed by atoms with van der Waals surface area (Å²) < 4.78 is 108. The molecular formula is C36H40F7N3O5. The second-order valence-electron chi connectivity index (χ2n) is 13.2. The van der Waals surface area contributed by atoms with E-state index in [1.807, 2.05) is 17.0 Å². The zero-order valence-corrected chi connectivity index (χ0v) is 28.2. The number of hydrogen-bond donors (Lipinski definition) is 2. The number of amides is 1. The van der Waals surface area contributed by atoms with Crippen molar-refractivity contribution in [1.82, 2.24) is 15.1 Å². The van der Waals surface area contributed by atoms with Crippen molar-refractivity contribution in [2.24, 2.45) is 5.41 Å². The Hall–Kier alpha value is -4.11. The zero-order chi connectivity index (χ0) is 37.1. The lowest BCUT2D eigenvalue weighted by Gasteiger charge is -2.42. The van der Waals surface area contributed by atoms with E-state index in [1.54, 1.807) is 36.4 Å². The summed E-state index contributed by atoms with van der Waals surface area (Å²) in [6.07, 6.45) is -11.7. The topological polar surface area (TPSA) is 91.3 Å². The number of carboxylic acids is 1. The molecule has 51 heavy (non-hydrogen) atoms. The Morgan fingerprint density at radius 2 is 1.61 bits per heavy atom. The smallest absolute Gasteiger partial charge is 0.403 e. The molecule has 2 fully saturated rings. The first-order chi connectivity index (χ1) is 24.1. The molecule has 278 valence electrons. The van der Waals surface area contributed by atoms with Gasteiger partial charge in [0.2, 0.25) is 5.91 Å². The molecule has 5 rings (SSSR count). The standard InChI is InChI=1S/C36H40F7N3O5/c1-50-29-12-11-23(19-46-15-5-7-24(37)20-46)31(51-2)30(29)27-10-4-8-25-22(6-3-9-26(25)27)18-28(32(47)48)44-33(49)34(36(41,42)43)13-16-45(17-14-34)21-35(38,39)40/h3-4,6,8-12,24,28H,5,7,13-21H2,1-2H3,(H,44,49)(H,47,48)/t24-,28+/m1/s1. The minimum absolute atomic E-state index is 0.296. The first-order valence-electron chi connectivity index (χ1n) is 16.6. The van der Waals surface area contributed by atoms with Crippen LogP contribution in [0.25, 0.3) is 21.9 Å². The molecule has 2 N–H and O–H groups in total. The number of fused-ring (bicyclic) bond motifs is 1. The van der Waals surface area contributed by atoms with Crippen LogP contribution >= 0.6 is 0 Å². The molecule has 2 aliphatic rings. The Morgan fingerprint density at radius 1 is 0.922 bits per heavy atom. The van der Waals surface area contributed by atoms with E-state index < -0.39 is 74.3 Å². The fourth-order valence-electron chi connectivity index (χ4n) is 7.25. The molecule has 2 saturated heterocycles. The van der Waals surface area contributed by atoms with Crippen LogP contribution in [0.3, 0.4) is 0 Å². The number of likely N-dealkylation sites (tertiary alicyclic amines) is 2. The van der Waals surface area contributed by atoms with E-state index in [1.165, 1.54) is 14.2 Å². The number of aliphatic carboxylic acids is 1. The number of nitrogens with one attached hydrogen (secondary N) is 1. The Kier molecular flexibility index (Phi) is 11.4. The molecule has 2 aliphatic heterocycles. The van der Waals surface area contributed by atoms with E-state index in [4.69, 9.17) is 9.47 Å². The van der Waals surface area contributed by atoms with Crippen LogP contribution < -0.4 is 14.8 Å². The van der Waals surface area contributed by atoms with Crippen LogP contribution in [0.1, 0.15) is 36.8 Å². The number of rotatable bonds is 11. The SMILES string of the molecule is COc1ccc(CN2CCC[C@@H](F)C2)c(OC)c1-c1cccc2c(C[C@H](NC(=O)C3(C(F)(F)F)CCN(CC(F)(F)F)CC3)C(=O)O)cccc12. The van der Waals surface area contributed by atoms with Gasteiger partial charge in [-0.25, -0.2) is 9.18 Å². The first-order valence-corrected chi connectivity index (χ1v) is 16.6. The van der Waals surface area contributed by atoms with Crippen LogP contribution in [0.15, 0.2) is 48.5 Å². The minimum Gasteiger partial charge on any atom is -0.496 e. The lowest BCUT2D eigenvalue weighted by molar-refractivity contribution is -0.236. The Morgan fingerprint density at radius 3 is 2.22 bits per heavy atom. The molecular weight excluding hydrogens is 687 g/mol. The molecule has 0 aliphatic carbocycles. The number of alkyl halides is 7. The molecule has 2 heterocycles. The number of halogens is 7. The first kappa shape index (κ1) is 38.1. The predicted molar refractivity (Wildman–Crippen MR) is 175 cm³/mol. The maximum Gasteiger partial charge on any atom is 0.403 e. The number of methoxy groups -OCH3 is 2. The molecule has 0 aromatic heterocycles. The predicted octanol–water partition coefficient (Wildman–Crippen LogP) is 6.78. The van der Waals surface area contributed by atoms with Gasteiger partial charge in [0.15, 0.2) is 0 Å². The molecule has 3 aromatic rings. The summed E-state index contributed by atoms with van der Waals surface area (Å²) in [6, 6.07) is 12.2. The molecule has 0 bridgehead atoms. The van der Waals surface area contributed by atoms with Crippen LogP contribution in [-0.4, -0.2) is 98.3 Å². The third-order valence-electron chi connectivity index (χ3n) is 9.87. The van der Waals surface area contributed by atoms with E-state index >= 15 is 0 Å². The van der Waals surface area contributed by atoms with E-state index in [2.05, 4.69) is 5.32 Å². The molecule has 1 amide bonds. The third kappa shape index (κ3) is 8.35. The largest absolute Gasteiger partial charge is 0.496 e. The normalized spacial score (nSPS) is 19.4. The maximum absolute atomic E-state index is 14.4. The highest BCUT2D eigenvalue weighted by molar-refractivity contribution is 6.01. The Bertz CT molecular complexity index is 1720. The Balaban J connectivity index is 1.46. The summed E-state index contributed by atoms with van der Waals surface area (Å²) in [4.78, 5) is 28.5. The summed E-state index contributed by atoms with van der Waals surface area (Å²) in [5.74, 6) is -2.19. The lowest BCUT2D eigenvalue weighted by atomic mass is 9.76. The van der Waals surface area contributed by atoms with Gasteiger partial charge in [-0.05, 0) is 73.3 Å². The number of carbonyl (C=O) groups excluding carboxylic acids is 1. The number of nitrogens with zero attached hydrogens (tertiary/aromatic N) is 2. The van der Waals surface area contributed by atoms with Crippen molar-refractivity contribution in [2.75, 3.05) is 46.9 Å². The molecule has 15 heteroatoms. The van der Waals surface area contributed by atoms with Gasteiger partial charge in [-0.15, -0.1) is 0 Å². The molecule has 0 unspecified atom stereocenters. The molecule has 2 atom stereocenters. The lowest BCUT2D eigenvalue weighted by Crippen LogP contribution is -2.59. The van der Waals surface area contributed by atoms with Gasteiger partial charge in [0.05, 0.1) is 26.3 Å². The van der Waals surface area contributed by atoms with Gasteiger partial charge in [-0.2, -0.15) is 26.3 Å². The van der Waals surface area contributed by atoms with Crippen LogP contribution in [0.5, 0.6) is 11.5 Å². The van der Waals surface area contributed by atoms with Crippen molar-refractivity contribution in [2.45, 2.75) is 63.2 Å². The van der Waals surface area contributed by atoms with E-state index in [9.17, 15) is 45.4 Å². The summed E-state index contributed by atoms with van der Waals surface area (Å²) in [6.45, 7) is -1.24. The highest BCUT2D eigenvalue weighted by Crippen LogP contribution is 2.47. The summed E-state index contributed by atoms with van der Waals surface area (Å²) in [5, 5.41) is 13.3. The van der Waals surface area contributed by atoms with Gasteiger partial charge in [-0.3, -0.25) is 14.6 Å². The van der Waals surface area contributed by atoms with E-state index in [0.717, 1.165) is 23.4 Å². The van der Waals surface area contributed by atoms with E-state index in [0.29, 0.717) is 58.5 Å². The van der Waals surface area contributed by atoms with Crippen molar-refractivity contribution in [1.29, 1.82) is 0 Å². The van der Waals surface area contributed by atoms with Crippen LogP contribution in [0.2, 0.25) is 0 Å². The average molecular weight is 728 g/mol. The van der Waals surface area contributed by atoms with Gasteiger partial charge >= 0.3 is 18.3 Å². The molecule has 3 aromatic carbocycles. The number of carbonyl (C=O) groups is 2. The second-order valence-corrected chi connectivity index (χ2v) is 13.2. The summed E-state index contributed by atoms with van der Waals surface area (Å²) in [5.41, 5.74) is -0.580. The average Bonchev–Trinajstić information content (AvgIpc) is 3.06. The van der Waals surface area contributed by atoms with Crippen LogP contribution in [-0.2, 0) is 22.6 Å². The molecule has 0 saturated carbocycles. The minimum atomic E-state index is -5.13. The van der Waals surface area contributed by atoms with Crippen molar-refractivity contribution >= 4 is 22.6 Å². The van der Waals surface area contributed by atoms with Crippen molar-refractivity contribution in [3.05, 3.63) is 59.7 Å². The van der Waals surface area contributed by atoms with Crippen molar-refractivity contribution < 1.29 is 54.9 Å². The highest BCUT2D eigenvalue weighted by Gasteiger charge is 2.61. The van der Waals surface area contributed by atoms with Gasteiger partial charge in [0.25, 0.3) is 0 Å². The number of piperidine rings is 2. The van der Waals surface area contributed by atoms with Crippen LogP contribution in [0.4, 0.5) is 30.7 Å². The number of carboxylic acid groups (broad SMARTS) is 1. The van der Waals surface area contributed by atoms with Crippen molar-refractivity contribution in [3.8, 4) is 22.6 Å². The van der Waals surface area contributed by atoms with E-state index in [-0.39, 0.29) is 6.42 Å². The molecule has 0 spiro atoms. The Labute approximate surface area is 290 Å². The van der Waals surface area contributed by atoms with Gasteiger partial charge in [0.1, 0.15) is 29.1 Å². The molecule has 8 nitrogen and oxygen atoms in total. The monoisotopic (exact) mass is 727 g/mol. The molecule has 0 radical (unpaired) electrons.